The van der Waals surface area contributed by atoms with Crippen molar-refractivity contribution in [3.05, 3.63) is 30.3 Å². The fourth-order valence-corrected chi connectivity index (χ4v) is 1.44. The van der Waals surface area contributed by atoms with E-state index in [1.165, 1.54) is 11.8 Å². The van der Waals surface area contributed by atoms with Crippen molar-refractivity contribution < 1.29 is 2.74 Å². The number of nitrogens with one attached hydrogen (secondary N) is 1. The normalized spacial score (nSPS) is 13.9. The van der Waals surface area contributed by atoms with Crippen LogP contribution in [0.4, 0.5) is 0 Å². The lowest BCUT2D eigenvalue weighted by atomic mass is 10.4. The van der Waals surface area contributed by atoms with Gasteiger partial charge in [0.25, 0.3) is 0 Å². The van der Waals surface area contributed by atoms with Crippen molar-refractivity contribution >= 4 is 11.8 Å². The first-order valence-electron chi connectivity index (χ1n) is 4.51. The molecule has 1 N–H and O–H groups in total. The Morgan fingerprint density at radius 2 is 2.18 bits per heavy atom. The van der Waals surface area contributed by atoms with E-state index in [1.54, 1.807) is 7.05 Å². The number of rotatable bonds is 4. The Morgan fingerprint density at radius 1 is 1.45 bits per heavy atom. The molecule has 0 bridgehead atoms. The summed E-state index contributed by atoms with van der Waals surface area (Å²) in [6.45, 7) is -1.29. The quantitative estimate of drug-likeness (QED) is 0.692. The number of thioether (sulfide) groups is 1. The predicted octanol–water partition coefficient (Wildman–Crippen LogP) is 2.00. The second-order valence-electron chi connectivity index (χ2n) is 2.03. The van der Waals surface area contributed by atoms with E-state index in [2.05, 4.69) is 5.32 Å². The zero-order chi connectivity index (χ0) is 9.73. The average Bonchev–Trinajstić information content (AvgIpc) is 2.17. The van der Waals surface area contributed by atoms with E-state index >= 15 is 0 Å². The highest BCUT2D eigenvalue weighted by Crippen LogP contribution is 2.15. The Hall–Kier alpha value is -0.470. The molecular formula is C9H13NS. The first-order valence-corrected chi connectivity index (χ1v) is 4.49. The summed E-state index contributed by atoms with van der Waals surface area (Å²) in [5.74, 6) is 0.424. The van der Waals surface area contributed by atoms with Gasteiger partial charge in [0, 0.05) is 19.9 Å². The first kappa shape index (κ1) is 6.09. The van der Waals surface area contributed by atoms with Gasteiger partial charge in [-0.3, -0.25) is 0 Å². The second kappa shape index (κ2) is 5.22. The Morgan fingerprint density at radius 3 is 2.82 bits per heavy atom. The molecule has 0 heterocycles. The highest BCUT2D eigenvalue weighted by atomic mass is 32.2. The van der Waals surface area contributed by atoms with E-state index in [4.69, 9.17) is 2.74 Å². The molecular weight excluding hydrogens is 154 g/mol. The summed E-state index contributed by atoms with van der Waals surface area (Å²) < 4.78 is 14.9. The third kappa shape index (κ3) is 3.44. The second-order valence-corrected chi connectivity index (χ2v) is 3.08. The van der Waals surface area contributed by atoms with Crippen molar-refractivity contribution in [1.82, 2.24) is 5.32 Å². The SMILES string of the molecule is [2H]C([2H])(CSc1ccccc1)NC. The third-order valence-corrected chi connectivity index (χ3v) is 2.13. The maximum Gasteiger partial charge on any atom is 0.0436 e. The predicted molar refractivity (Wildman–Crippen MR) is 51.1 cm³/mol. The summed E-state index contributed by atoms with van der Waals surface area (Å²) in [6, 6.07) is 9.83. The fraction of sp³-hybridized carbons (Fsp3) is 0.333. The smallest absolute Gasteiger partial charge is 0.0436 e. The Bertz CT molecular complexity index is 251. The lowest BCUT2D eigenvalue weighted by molar-refractivity contribution is 0.872. The summed E-state index contributed by atoms with van der Waals surface area (Å²) in [7, 11) is 1.63. The molecule has 0 aliphatic carbocycles. The van der Waals surface area contributed by atoms with Crippen LogP contribution in [-0.2, 0) is 0 Å². The summed E-state index contributed by atoms with van der Waals surface area (Å²) in [5.41, 5.74) is 0. The van der Waals surface area contributed by atoms with Crippen molar-refractivity contribution in [2.45, 2.75) is 4.90 Å². The average molecular weight is 169 g/mol. The van der Waals surface area contributed by atoms with E-state index in [0.29, 0.717) is 5.75 Å². The van der Waals surface area contributed by atoms with Gasteiger partial charge in [-0.15, -0.1) is 11.8 Å². The molecule has 0 aliphatic rings. The third-order valence-electron chi connectivity index (χ3n) is 1.23. The molecule has 0 saturated heterocycles. The van der Waals surface area contributed by atoms with Gasteiger partial charge in [-0.25, -0.2) is 0 Å². The first-order chi connectivity index (χ1) is 6.14. The maximum atomic E-state index is 7.46. The summed E-state index contributed by atoms with van der Waals surface area (Å²) in [5, 5.41) is 2.62. The lowest BCUT2D eigenvalue weighted by Gasteiger charge is -1.99. The molecule has 0 aromatic heterocycles. The van der Waals surface area contributed by atoms with Gasteiger partial charge < -0.3 is 5.32 Å². The van der Waals surface area contributed by atoms with Crippen molar-refractivity contribution in [1.29, 1.82) is 0 Å². The summed E-state index contributed by atoms with van der Waals surface area (Å²) >= 11 is 1.51. The minimum absolute atomic E-state index is 0.424. The molecule has 0 unspecified atom stereocenters. The standard InChI is InChI=1S/C9H13NS/c1-10-7-8-11-9-5-3-2-4-6-9/h2-6,10H,7-8H2,1H3/i7D2. The van der Waals surface area contributed by atoms with E-state index < -0.39 is 6.50 Å². The molecule has 0 spiro atoms. The number of hydrogen-bond donors (Lipinski definition) is 1. The van der Waals surface area contributed by atoms with Gasteiger partial charge in [-0.05, 0) is 19.2 Å². The van der Waals surface area contributed by atoms with Gasteiger partial charge >= 0.3 is 0 Å². The monoisotopic (exact) mass is 169 g/mol. The van der Waals surface area contributed by atoms with Crippen LogP contribution in [-0.4, -0.2) is 19.3 Å². The Labute approximate surface area is 75.0 Å². The lowest BCUT2D eigenvalue weighted by Crippen LogP contribution is -2.09. The summed E-state index contributed by atoms with van der Waals surface area (Å²) in [6.07, 6.45) is 0. The minimum Gasteiger partial charge on any atom is -0.319 e. The van der Waals surface area contributed by atoms with Gasteiger partial charge in [-0.2, -0.15) is 0 Å². The largest absolute Gasteiger partial charge is 0.319 e. The summed E-state index contributed by atoms with van der Waals surface area (Å²) in [4.78, 5) is 1.10. The minimum atomic E-state index is -1.29. The topological polar surface area (TPSA) is 12.0 Å². The maximum absolute atomic E-state index is 7.46. The van der Waals surface area contributed by atoms with Crippen molar-refractivity contribution in [3.63, 3.8) is 0 Å². The Balaban J connectivity index is 2.44. The Kier molecular flexibility index (Phi) is 2.89. The molecule has 1 rings (SSSR count). The molecule has 0 radical (unpaired) electrons. The molecule has 0 atom stereocenters. The molecule has 0 fully saturated rings. The highest BCUT2D eigenvalue weighted by molar-refractivity contribution is 7.99. The molecule has 0 saturated carbocycles. The van der Waals surface area contributed by atoms with E-state index in [1.807, 2.05) is 30.3 Å². The highest BCUT2D eigenvalue weighted by Gasteiger charge is 1.89. The van der Waals surface area contributed by atoms with Crippen LogP contribution < -0.4 is 5.32 Å². The van der Waals surface area contributed by atoms with Crippen LogP contribution in [0.25, 0.3) is 0 Å². The zero-order valence-corrected chi connectivity index (χ0v) is 7.32. The van der Waals surface area contributed by atoms with Crippen LogP contribution in [0, 0.1) is 0 Å². The van der Waals surface area contributed by atoms with Gasteiger partial charge in [0.2, 0.25) is 0 Å². The molecule has 1 aromatic carbocycles. The number of hydrogen-bond acceptors (Lipinski definition) is 2. The van der Waals surface area contributed by atoms with Crippen molar-refractivity contribution in [2.24, 2.45) is 0 Å². The van der Waals surface area contributed by atoms with E-state index in [0.717, 1.165) is 4.90 Å². The van der Waals surface area contributed by atoms with Crippen LogP contribution in [0.5, 0.6) is 0 Å². The van der Waals surface area contributed by atoms with Gasteiger partial charge in [-0.1, -0.05) is 18.2 Å². The van der Waals surface area contributed by atoms with Gasteiger partial charge in [0.1, 0.15) is 0 Å². The fourth-order valence-electron chi connectivity index (χ4n) is 0.708. The van der Waals surface area contributed by atoms with Crippen LogP contribution in [0.3, 0.4) is 0 Å². The molecule has 0 amide bonds. The van der Waals surface area contributed by atoms with E-state index in [9.17, 15) is 0 Å². The van der Waals surface area contributed by atoms with Crippen LogP contribution in [0.1, 0.15) is 2.74 Å². The molecule has 11 heavy (non-hydrogen) atoms. The van der Waals surface area contributed by atoms with E-state index in [-0.39, 0.29) is 0 Å². The van der Waals surface area contributed by atoms with Gasteiger partial charge in [0.15, 0.2) is 0 Å². The molecule has 1 nitrogen and oxygen atoms in total. The van der Waals surface area contributed by atoms with Crippen LogP contribution in [0.15, 0.2) is 35.2 Å². The molecule has 0 aliphatic heterocycles. The zero-order valence-electron chi connectivity index (χ0n) is 8.50. The number of benzene rings is 1. The van der Waals surface area contributed by atoms with Crippen molar-refractivity contribution in [2.75, 3.05) is 19.3 Å². The molecule has 60 valence electrons. The van der Waals surface area contributed by atoms with Crippen LogP contribution in [0.2, 0.25) is 0 Å². The van der Waals surface area contributed by atoms with Gasteiger partial charge in [0.05, 0.1) is 0 Å². The molecule has 2 heteroatoms. The van der Waals surface area contributed by atoms with Crippen molar-refractivity contribution in [3.8, 4) is 0 Å². The van der Waals surface area contributed by atoms with Crippen LogP contribution >= 0.6 is 11.8 Å². The molecule has 1 aromatic rings.